The second kappa shape index (κ2) is 4.61. The Hall–Kier alpha value is -1.16. The van der Waals surface area contributed by atoms with Gasteiger partial charge in [0.25, 0.3) is 0 Å². The highest BCUT2D eigenvalue weighted by molar-refractivity contribution is 9.08. The first-order chi connectivity index (χ1) is 8.36. The van der Waals surface area contributed by atoms with Gasteiger partial charge in [0.2, 0.25) is 11.7 Å². The second-order valence-electron chi connectivity index (χ2n) is 4.41. The molecule has 0 N–H and O–H groups in total. The Morgan fingerprint density at radius 1 is 1.24 bits per heavy atom. The molecule has 0 bridgehead atoms. The lowest BCUT2D eigenvalue weighted by molar-refractivity contribution is 0.292. The number of alkyl halides is 1. The van der Waals surface area contributed by atoms with Gasteiger partial charge in [-0.1, -0.05) is 51.8 Å². The van der Waals surface area contributed by atoms with Crippen LogP contribution in [-0.2, 0) is 5.33 Å². The monoisotopic (exact) mass is 292 g/mol. The Labute approximate surface area is 108 Å². The molecule has 17 heavy (non-hydrogen) atoms. The fraction of sp³-hybridized carbons (Fsp3) is 0.385. The van der Waals surface area contributed by atoms with Gasteiger partial charge in [-0.15, -0.1) is 0 Å². The summed E-state index contributed by atoms with van der Waals surface area (Å²) < 4.78 is 5.31. The zero-order chi connectivity index (χ0) is 11.7. The SMILES string of the molecule is BrCc1ccc(-c2noc(C3CCC3)n2)cc1. The summed E-state index contributed by atoms with van der Waals surface area (Å²) in [6.45, 7) is 0. The lowest BCUT2D eigenvalue weighted by Crippen LogP contribution is -2.08. The van der Waals surface area contributed by atoms with Gasteiger partial charge in [-0.3, -0.25) is 0 Å². The molecular formula is C13H13BrN2O. The minimum atomic E-state index is 0.498. The molecule has 2 aromatic rings. The summed E-state index contributed by atoms with van der Waals surface area (Å²) in [7, 11) is 0. The van der Waals surface area contributed by atoms with Gasteiger partial charge in [0, 0.05) is 16.8 Å². The number of halogens is 1. The van der Waals surface area contributed by atoms with Crippen LogP contribution in [-0.4, -0.2) is 10.1 Å². The third kappa shape index (κ3) is 2.14. The topological polar surface area (TPSA) is 38.9 Å². The van der Waals surface area contributed by atoms with E-state index in [0.717, 1.165) is 16.8 Å². The molecule has 88 valence electrons. The van der Waals surface area contributed by atoms with Crippen molar-refractivity contribution in [3.63, 3.8) is 0 Å². The minimum absolute atomic E-state index is 0.498. The van der Waals surface area contributed by atoms with Crippen molar-refractivity contribution in [3.8, 4) is 11.4 Å². The lowest BCUT2D eigenvalue weighted by atomic mass is 9.85. The van der Waals surface area contributed by atoms with E-state index in [1.807, 2.05) is 12.1 Å². The van der Waals surface area contributed by atoms with Crippen LogP contribution in [0.4, 0.5) is 0 Å². The molecule has 0 atom stereocenters. The Balaban J connectivity index is 1.84. The molecule has 1 aromatic carbocycles. The van der Waals surface area contributed by atoms with E-state index in [9.17, 15) is 0 Å². The predicted molar refractivity (Wildman–Crippen MR) is 69.0 cm³/mol. The summed E-state index contributed by atoms with van der Waals surface area (Å²) in [4.78, 5) is 4.47. The average molecular weight is 293 g/mol. The minimum Gasteiger partial charge on any atom is -0.339 e. The molecular weight excluding hydrogens is 280 g/mol. The van der Waals surface area contributed by atoms with E-state index >= 15 is 0 Å². The Kier molecular flexibility index (Phi) is 2.97. The summed E-state index contributed by atoms with van der Waals surface area (Å²) in [6, 6.07) is 8.21. The quantitative estimate of drug-likeness (QED) is 0.806. The number of benzene rings is 1. The van der Waals surface area contributed by atoms with E-state index in [1.165, 1.54) is 24.8 Å². The van der Waals surface area contributed by atoms with Crippen LogP contribution in [0, 0.1) is 0 Å². The number of rotatable bonds is 3. The van der Waals surface area contributed by atoms with E-state index in [0.29, 0.717) is 11.7 Å². The molecule has 1 fully saturated rings. The van der Waals surface area contributed by atoms with Gasteiger partial charge in [-0.2, -0.15) is 4.98 Å². The molecule has 0 aliphatic heterocycles. The second-order valence-corrected chi connectivity index (χ2v) is 4.98. The van der Waals surface area contributed by atoms with E-state index in [2.05, 4.69) is 38.2 Å². The van der Waals surface area contributed by atoms with E-state index in [-0.39, 0.29) is 0 Å². The summed E-state index contributed by atoms with van der Waals surface area (Å²) in [5.74, 6) is 2.00. The van der Waals surface area contributed by atoms with Crippen molar-refractivity contribution in [2.75, 3.05) is 0 Å². The third-order valence-electron chi connectivity index (χ3n) is 3.26. The van der Waals surface area contributed by atoms with Crippen LogP contribution < -0.4 is 0 Å². The van der Waals surface area contributed by atoms with Gasteiger partial charge in [-0.25, -0.2) is 0 Å². The van der Waals surface area contributed by atoms with Gasteiger partial charge < -0.3 is 4.52 Å². The summed E-state index contributed by atoms with van der Waals surface area (Å²) >= 11 is 3.43. The molecule has 1 aliphatic rings. The van der Waals surface area contributed by atoms with E-state index in [4.69, 9.17) is 4.52 Å². The van der Waals surface area contributed by atoms with Crippen molar-refractivity contribution in [3.05, 3.63) is 35.7 Å². The first-order valence-electron chi connectivity index (χ1n) is 5.85. The van der Waals surface area contributed by atoms with Crippen LogP contribution in [0.2, 0.25) is 0 Å². The Morgan fingerprint density at radius 3 is 2.59 bits per heavy atom. The molecule has 3 nitrogen and oxygen atoms in total. The van der Waals surface area contributed by atoms with Gasteiger partial charge in [0.1, 0.15) is 0 Å². The molecule has 1 aliphatic carbocycles. The molecule has 1 aromatic heterocycles. The Bertz CT molecular complexity index is 502. The maximum atomic E-state index is 5.31. The van der Waals surface area contributed by atoms with Crippen molar-refractivity contribution in [1.82, 2.24) is 10.1 Å². The fourth-order valence-electron chi connectivity index (χ4n) is 1.92. The molecule has 4 heteroatoms. The molecule has 0 unspecified atom stereocenters. The zero-order valence-corrected chi connectivity index (χ0v) is 11.0. The highest BCUT2D eigenvalue weighted by Gasteiger charge is 2.25. The van der Waals surface area contributed by atoms with Crippen LogP contribution in [0.5, 0.6) is 0 Å². The normalized spacial score (nSPS) is 15.8. The molecule has 0 radical (unpaired) electrons. The first-order valence-corrected chi connectivity index (χ1v) is 6.98. The van der Waals surface area contributed by atoms with Crippen molar-refractivity contribution in [2.45, 2.75) is 30.5 Å². The maximum Gasteiger partial charge on any atom is 0.230 e. The third-order valence-corrected chi connectivity index (χ3v) is 3.91. The van der Waals surface area contributed by atoms with Crippen LogP contribution >= 0.6 is 15.9 Å². The summed E-state index contributed by atoms with van der Waals surface area (Å²) in [5.41, 5.74) is 2.26. The number of hydrogen-bond donors (Lipinski definition) is 0. The first kappa shape index (κ1) is 11.0. The van der Waals surface area contributed by atoms with E-state index in [1.54, 1.807) is 0 Å². The molecule has 0 spiro atoms. The van der Waals surface area contributed by atoms with Gasteiger partial charge in [0.05, 0.1) is 0 Å². The number of nitrogens with zero attached hydrogens (tertiary/aromatic N) is 2. The van der Waals surface area contributed by atoms with Crippen molar-refractivity contribution >= 4 is 15.9 Å². The largest absolute Gasteiger partial charge is 0.339 e. The molecule has 0 saturated heterocycles. The Morgan fingerprint density at radius 2 is 2.00 bits per heavy atom. The van der Waals surface area contributed by atoms with Crippen LogP contribution in [0.25, 0.3) is 11.4 Å². The smallest absolute Gasteiger partial charge is 0.230 e. The van der Waals surface area contributed by atoms with Crippen LogP contribution in [0.15, 0.2) is 28.8 Å². The average Bonchev–Trinajstić information content (AvgIpc) is 2.76. The van der Waals surface area contributed by atoms with Gasteiger partial charge in [-0.05, 0) is 18.4 Å². The van der Waals surface area contributed by atoms with Crippen molar-refractivity contribution in [2.24, 2.45) is 0 Å². The van der Waals surface area contributed by atoms with Crippen LogP contribution in [0.1, 0.15) is 36.6 Å². The van der Waals surface area contributed by atoms with Crippen molar-refractivity contribution < 1.29 is 4.52 Å². The predicted octanol–water partition coefficient (Wildman–Crippen LogP) is 3.90. The van der Waals surface area contributed by atoms with Gasteiger partial charge >= 0.3 is 0 Å². The van der Waals surface area contributed by atoms with E-state index < -0.39 is 0 Å². The summed E-state index contributed by atoms with van der Waals surface area (Å²) in [6.07, 6.45) is 3.65. The van der Waals surface area contributed by atoms with Crippen molar-refractivity contribution in [1.29, 1.82) is 0 Å². The highest BCUT2D eigenvalue weighted by atomic mass is 79.9. The van der Waals surface area contributed by atoms with Crippen LogP contribution in [0.3, 0.4) is 0 Å². The molecule has 1 heterocycles. The molecule has 3 rings (SSSR count). The standard InChI is InChI=1S/C13H13BrN2O/c14-8-9-4-6-10(7-5-9)12-15-13(17-16-12)11-2-1-3-11/h4-7,11H,1-3,8H2. The molecule has 0 amide bonds. The number of aromatic nitrogens is 2. The fourth-order valence-corrected chi connectivity index (χ4v) is 2.29. The summed E-state index contributed by atoms with van der Waals surface area (Å²) in [5, 5.41) is 4.91. The number of hydrogen-bond acceptors (Lipinski definition) is 3. The highest BCUT2D eigenvalue weighted by Crippen LogP contribution is 2.35. The maximum absolute atomic E-state index is 5.31. The lowest BCUT2D eigenvalue weighted by Gasteiger charge is -2.20. The molecule has 1 saturated carbocycles. The van der Waals surface area contributed by atoms with Gasteiger partial charge in [0.15, 0.2) is 0 Å². The zero-order valence-electron chi connectivity index (χ0n) is 9.40.